The number of hydrogen-bond donors (Lipinski definition) is 0. The first kappa shape index (κ1) is 23.9. The minimum atomic E-state index is -0.804. The highest BCUT2D eigenvalue weighted by Crippen LogP contribution is 2.33. The Morgan fingerprint density at radius 2 is 1.12 bits per heavy atom. The van der Waals surface area contributed by atoms with Crippen LogP contribution in [0.5, 0.6) is 0 Å². The lowest BCUT2D eigenvalue weighted by Gasteiger charge is -2.12. The van der Waals surface area contributed by atoms with Crippen LogP contribution in [0.2, 0.25) is 0 Å². The summed E-state index contributed by atoms with van der Waals surface area (Å²) in [4.78, 5) is 0. The van der Waals surface area contributed by atoms with Gasteiger partial charge in [-0.3, -0.25) is 0 Å². The Kier molecular flexibility index (Phi) is 8.79. The molecule has 0 aromatic heterocycles. The fourth-order valence-corrected chi connectivity index (χ4v) is 3.99. The highest BCUT2D eigenvalue weighted by Gasteiger charge is 2.14. The molecule has 0 bridgehead atoms. The van der Waals surface area contributed by atoms with E-state index in [9.17, 15) is 4.39 Å². The summed E-state index contributed by atoms with van der Waals surface area (Å²) >= 11 is 0. The summed E-state index contributed by atoms with van der Waals surface area (Å²) in [5.41, 5.74) is 6.27. The lowest BCUT2D eigenvalue weighted by molar-refractivity contribution is 0.700. The molecule has 2 heteroatoms. The average Bonchev–Trinajstić information content (AvgIpc) is 2.85. The first-order valence-corrected chi connectivity index (χ1v) is 11.9. The molecule has 0 saturated heterocycles. The third kappa shape index (κ3) is 5.94. The first-order chi connectivity index (χ1) is 15.6. The van der Waals surface area contributed by atoms with Gasteiger partial charge in [-0.2, -0.15) is 0 Å². The van der Waals surface area contributed by atoms with E-state index in [0.717, 1.165) is 54.4 Å². The molecule has 0 nitrogen and oxygen atoms in total. The van der Waals surface area contributed by atoms with Gasteiger partial charge < -0.3 is 0 Å². The van der Waals surface area contributed by atoms with E-state index in [2.05, 4.69) is 38.1 Å². The van der Waals surface area contributed by atoms with Gasteiger partial charge in [0.1, 0.15) is 0 Å². The predicted octanol–water partition coefficient (Wildman–Crippen LogP) is 9.37. The van der Waals surface area contributed by atoms with Gasteiger partial charge in [-0.05, 0) is 66.0 Å². The zero-order valence-electron chi connectivity index (χ0n) is 19.6. The Morgan fingerprint density at radius 1 is 0.625 bits per heavy atom. The Bertz CT molecular complexity index is 1030. The summed E-state index contributed by atoms with van der Waals surface area (Å²) in [7, 11) is 0. The molecule has 0 spiro atoms. The van der Waals surface area contributed by atoms with E-state index in [4.69, 9.17) is 0 Å². The monoisotopic (exact) mass is 432 g/mol. The second-order valence-corrected chi connectivity index (χ2v) is 8.45. The molecule has 3 aromatic rings. The molecule has 0 saturated carbocycles. The summed E-state index contributed by atoms with van der Waals surface area (Å²) in [6, 6.07) is 21.1. The van der Waals surface area contributed by atoms with Crippen molar-refractivity contribution in [1.29, 1.82) is 0 Å². The van der Waals surface area contributed by atoms with Gasteiger partial charge in [0, 0.05) is 11.1 Å². The van der Waals surface area contributed by atoms with E-state index in [1.807, 2.05) is 25.1 Å². The van der Waals surface area contributed by atoms with Crippen molar-refractivity contribution in [2.24, 2.45) is 0 Å². The van der Waals surface area contributed by atoms with E-state index >= 15 is 4.39 Å². The molecule has 0 aliphatic heterocycles. The topological polar surface area (TPSA) is 0 Å². The van der Waals surface area contributed by atoms with Crippen LogP contribution in [0.3, 0.4) is 0 Å². The maximum atomic E-state index is 15.0. The van der Waals surface area contributed by atoms with Crippen molar-refractivity contribution in [3.63, 3.8) is 0 Å². The minimum absolute atomic E-state index is 0.285. The van der Waals surface area contributed by atoms with Crippen molar-refractivity contribution in [2.45, 2.75) is 65.7 Å². The molecule has 0 aliphatic rings. The smallest absolute Gasteiger partial charge is 0.166 e. The molecule has 0 N–H and O–H groups in total. The molecular weight excluding hydrogens is 398 g/mol. The molecular formula is C30H34F2. The van der Waals surface area contributed by atoms with Crippen LogP contribution in [0.1, 0.15) is 74.3 Å². The summed E-state index contributed by atoms with van der Waals surface area (Å²) in [6.07, 6.45) is 7.39. The second-order valence-electron chi connectivity index (χ2n) is 8.45. The van der Waals surface area contributed by atoms with Crippen molar-refractivity contribution in [3.05, 3.63) is 94.5 Å². The van der Waals surface area contributed by atoms with Gasteiger partial charge in [-0.1, -0.05) is 94.3 Å². The Hall–Kier alpha value is -2.74. The standard InChI is InChI=1S/C30H34F2/c1-4-7-9-22-11-15-25(16-12-22)28-20-19-27(21-24(28)6-3)30(32)29(31)26-17-13-23(14-18-26)10-8-5-2/h11-21H,4-10H2,1-3H3/b30-29+. The van der Waals surface area contributed by atoms with Crippen molar-refractivity contribution in [3.8, 4) is 11.1 Å². The lowest BCUT2D eigenvalue weighted by atomic mass is 9.94. The third-order valence-electron chi connectivity index (χ3n) is 6.04. The molecule has 32 heavy (non-hydrogen) atoms. The van der Waals surface area contributed by atoms with Gasteiger partial charge in [0.05, 0.1) is 0 Å². The van der Waals surface area contributed by atoms with Crippen LogP contribution >= 0.6 is 0 Å². The van der Waals surface area contributed by atoms with E-state index in [1.54, 1.807) is 24.3 Å². The van der Waals surface area contributed by atoms with Gasteiger partial charge in [0.25, 0.3) is 0 Å². The van der Waals surface area contributed by atoms with Crippen molar-refractivity contribution in [1.82, 2.24) is 0 Å². The first-order valence-electron chi connectivity index (χ1n) is 11.9. The Labute approximate surface area is 192 Å². The molecule has 0 amide bonds. The number of hydrogen-bond acceptors (Lipinski definition) is 0. The highest BCUT2D eigenvalue weighted by molar-refractivity contribution is 5.84. The molecule has 0 unspecified atom stereocenters. The molecule has 0 fully saturated rings. The summed E-state index contributed by atoms with van der Waals surface area (Å²) in [5.74, 6) is -1.61. The number of aryl methyl sites for hydroxylation is 3. The molecule has 0 radical (unpaired) electrons. The van der Waals surface area contributed by atoms with Crippen LogP contribution in [0.4, 0.5) is 8.78 Å². The van der Waals surface area contributed by atoms with Gasteiger partial charge in [0.2, 0.25) is 0 Å². The van der Waals surface area contributed by atoms with Crippen LogP contribution in [-0.4, -0.2) is 0 Å². The van der Waals surface area contributed by atoms with Crippen LogP contribution in [0.25, 0.3) is 22.8 Å². The molecule has 0 aliphatic carbocycles. The fourth-order valence-electron chi connectivity index (χ4n) is 3.99. The van der Waals surface area contributed by atoms with E-state index in [1.165, 1.54) is 18.4 Å². The fraction of sp³-hybridized carbons (Fsp3) is 0.333. The summed E-state index contributed by atoms with van der Waals surface area (Å²) < 4.78 is 30.0. The van der Waals surface area contributed by atoms with Crippen molar-refractivity contribution >= 4 is 11.7 Å². The van der Waals surface area contributed by atoms with Gasteiger partial charge in [-0.15, -0.1) is 0 Å². The average molecular weight is 433 g/mol. The molecule has 3 rings (SSSR count). The lowest BCUT2D eigenvalue weighted by Crippen LogP contribution is -1.93. The molecule has 0 atom stereocenters. The minimum Gasteiger partial charge on any atom is -0.203 e. The third-order valence-corrected chi connectivity index (χ3v) is 6.04. The Morgan fingerprint density at radius 3 is 1.66 bits per heavy atom. The number of rotatable bonds is 10. The van der Waals surface area contributed by atoms with E-state index < -0.39 is 11.7 Å². The van der Waals surface area contributed by atoms with Crippen molar-refractivity contribution in [2.75, 3.05) is 0 Å². The van der Waals surface area contributed by atoms with Gasteiger partial charge in [-0.25, -0.2) is 8.78 Å². The maximum absolute atomic E-state index is 15.0. The zero-order valence-corrected chi connectivity index (χ0v) is 19.6. The normalized spacial score (nSPS) is 12.0. The van der Waals surface area contributed by atoms with Crippen LogP contribution in [0, 0.1) is 0 Å². The van der Waals surface area contributed by atoms with Crippen LogP contribution < -0.4 is 0 Å². The van der Waals surface area contributed by atoms with Crippen LogP contribution in [0.15, 0.2) is 66.7 Å². The van der Waals surface area contributed by atoms with Gasteiger partial charge in [0.15, 0.2) is 11.7 Å². The summed E-state index contributed by atoms with van der Waals surface area (Å²) in [6.45, 7) is 6.39. The number of benzene rings is 3. The largest absolute Gasteiger partial charge is 0.203 e. The van der Waals surface area contributed by atoms with E-state index in [0.29, 0.717) is 0 Å². The number of halogens is 2. The van der Waals surface area contributed by atoms with Crippen LogP contribution in [-0.2, 0) is 19.3 Å². The number of unbranched alkanes of at least 4 members (excludes halogenated alkanes) is 2. The maximum Gasteiger partial charge on any atom is 0.166 e. The molecule has 3 aromatic carbocycles. The molecule has 0 heterocycles. The van der Waals surface area contributed by atoms with E-state index in [-0.39, 0.29) is 11.1 Å². The second kappa shape index (κ2) is 11.8. The van der Waals surface area contributed by atoms with Crippen molar-refractivity contribution < 1.29 is 8.78 Å². The Balaban J connectivity index is 1.85. The molecule has 168 valence electrons. The van der Waals surface area contributed by atoms with Gasteiger partial charge >= 0.3 is 0 Å². The highest BCUT2D eigenvalue weighted by atomic mass is 19.2. The summed E-state index contributed by atoms with van der Waals surface area (Å²) in [5, 5.41) is 0. The predicted molar refractivity (Wildman–Crippen MR) is 134 cm³/mol. The zero-order chi connectivity index (χ0) is 22.9. The SMILES string of the molecule is CCCCc1ccc(/C(F)=C(\F)c2ccc(-c3ccc(CCCC)cc3)c(CC)c2)cc1. The quantitative estimate of drug-likeness (QED) is 0.280.